The van der Waals surface area contributed by atoms with Crippen LogP contribution in [0.3, 0.4) is 0 Å². The van der Waals surface area contributed by atoms with Crippen LogP contribution in [-0.4, -0.2) is 18.3 Å². The van der Waals surface area contributed by atoms with Gasteiger partial charge in [0.25, 0.3) is 0 Å². The first-order chi connectivity index (χ1) is 19.6. The van der Waals surface area contributed by atoms with Gasteiger partial charge in [-0.05, 0) is 47.8 Å². The van der Waals surface area contributed by atoms with Crippen LogP contribution in [0.25, 0.3) is 0 Å². The summed E-state index contributed by atoms with van der Waals surface area (Å²) in [5.41, 5.74) is 3.54. The lowest BCUT2D eigenvalue weighted by Crippen LogP contribution is -2.38. The van der Waals surface area contributed by atoms with Gasteiger partial charge in [0.1, 0.15) is 0 Å². The van der Waals surface area contributed by atoms with Gasteiger partial charge in [0.05, 0.1) is 38.1 Å². The van der Waals surface area contributed by atoms with E-state index < -0.39 is 0 Å². The Bertz CT molecular complexity index is 1080. The first-order valence-electron chi connectivity index (χ1n) is 15.0. The lowest BCUT2D eigenvalue weighted by atomic mass is 9.87. The Hall–Kier alpha value is -2.90. The van der Waals surface area contributed by atoms with Gasteiger partial charge in [-0.25, -0.2) is 0 Å². The van der Waals surface area contributed by atoms with Gasteiger partial charge in [-0.2, -0.15) is 0 Å². The van der Waals surface area contributed by atoms with Crippen molar-refractivity contribution in [3.63, 3.8) is 0 Å². The van der Waals surface area contributed by atoms with Gasteiger partial charge in [0.2, 0.25) is 0 Å². The summed E-state index contributed by atoms with van der Waals surface area (Å²) in [6, 6.07) is 31.2. The molecule has 0 bridgehead atoms. The molecule has 3 aromatic carbocycles. The number of hydrogen-bond acceptors (Lipinski definition) is 3. The van der Waals surface area contributed by atoms with E-state index in [0.29, 0.717) is 38.1 Å². The number of unbranched alkanes of at least 4 members (excludes halogenated alkanes) is 1. The van der Waals surface area contributed by atoms with Crippen LogP contribution in [0.15, 0.2) is 91.0 Å². The molecule has 0 fully saturated rings. The summed E-state index contributed by atoms with van der Waals surface area (Å²) in [4.78, 5) is 0. The van der Waals surface area contributed by atoms with Crippen molar-refractivity contribution in [1.82, 2.24) is 0 Å². The van der Waals surface area contributed by atoms with Crippen molar-refractivity contribution < 1.29 is 14.2 Å². The van der Waals surface area contributed by atoms with Crippen LogP contribution in [0.1, 0.15) is 76.0 Å². The molecule has 0 amide bonds. The molecule has 0 unspecified atom stereocenters. The van der Waals surface area contributed by atoms with E-state index in [2.05, 4.69) is 87.4 Å². The van der Waals surface area contributed by atoms with E-state index in [0.717, 1.165) is 19.3 Å². The average molecular weight is 541 g/mol. The Labute approximate surface area is 243 Å². The summed E-state index contributed by atoms with van der Waals surface area (Å²) in [6.07, 6.45) is 11.6. The van der Waals surface area contributed by atoms with Crippen molar-refractivity contribution in [2.75, 3.05) is 0 Å². The number of terminal acetylenes is 1. The zero-order valence-electron chi connectivity index (χ0n) is 24.7. The van der Waals surface area contributed by atoms with Crippen LogP contribution < -0.4 is 0 Å². The molecule has 214 valence electrons. The molecule has 40 heavy (non-hydrogen) atoms. The number of hydrogen-bond donors (Lipinski definition) is 0. The van der Waals surface area contributed by atoms with Crippen LogP contribution in [0.2, 0.25) is 0 Å². The summed E-state index contributed by atoms with van der Waals surface area (Å²) < 4.78 is 19.7. The molecule has 0 heterocycles. The van der Waals surface area contributed by atoms with E-state index in [-0.39, 0.29) is 18.3 Å². The molecule has 0 N–H and O–H groups in total. The molecule has 3 aromatic rings. The molecular formula is C37H48O3. The predicted octanol–water partition coefficient (Wildman–Crippen LogP) is 9.01. The van der Waals surface area contributed by atoms with Crippen molar-refractivity contribution in [3.05, 3.63) is 108 Å². The lowest BCUT2D eigenvalue weighted by Gasteiger charge is -2.34. The zero-order chi connectivity index (χ0) is 28.4. The largest absolute Gasteiger partial charge is 0.373 e. The fourth-order valence-electron chi connectivity index (χ4n) is 5.24. The number of benzene rings is 3. The summed E-state index contributed by atoms with van der Waals surface area (Å²) in [5.74, 6) is 3.57. The normalized spacial score (nSPS) is 15.1. The maximum Gasteiger partial charge on any atom is 0.0866 e. The van der Waals surface area contributed by atoms with Crippen molar-refractivity contribution in [2.24, 2.45) is 11.8 Å². The minimum Gasteiger partial charge on any atom is -0.373 e. The van der Waals surface area contributed by atoms with Crippen molar-refractivity contribution in [1.29, 1.82) is 0 Å². The van der Waals surface area contributed by atoms with Gasteiger partial charge >= 0.3 is 0 Å². The second-order valence-corrected chi connectivity index (χ2v) is 11.1. The Morgan fingerprint density at radius 1 is 0.675 bits per heavy atom. The molecule has 0 radical (unpaired) electrons. The molecule has 3 nitrogen and oxygen atoms in total. The highest BCUT2D eigenvalue weighted by Gasteiger charge is 2.31. The summed E-state index contributed by atoms with van der Waals surface area (Å²) in [7, 11) is 0. The molecule has 0 aliphatic carbocycles. The quantitative estimate of drug-likeness (QED) is 0.142. The highest BCUT2D eigenvalue weighted by atomic mass is 16.5. The first kappa shape index (κ1) is 31.6. The second kappa shape index (κ2) is 18.4. The second-order valence-electron chi connectivity index (χ2n) is 11.1. The van der Waals surface area contributed by atoms with Gasteiger partial charge in [-0.1, -0.05) is 125 Å². The molecule has 0 aliphatic rings. The summed E-state index contributed by atoms with van der Waals surface area (Å²) >= 11 is 0. The summed E-state index contributed by atoms with van der Waals surface area (Å²) in [6.45, 7) is 8.59. The molecule has 0 saturated carbocycles. The van der Waals surface area contributed by atoms with Gasteiger partial charge in [0.15, 0.2) is 0 Å². The average Bonchev–Trinajstić information content (AvgIpc) is 2.99. The Morgan fingerprint density at radius 2 is 1.18 bits per heavy atom. The molecule has 3 heteroatoms. The maximum atomic E-state index is 6.72. The van der Waals surface area contributed by atoms with Crippen LogP contribution in [0.5, 0.6) is 0 Å². The summed E-state index contributed by atoms with van der Waals surface area (Å²) in [5, 5.41) is 0. The Balaban J connectivity index is 1.73. The Kier molecular flexibility index (Phi) is 14.6. The molecule has 3 rings (SSSR count). The topological polar surface area (TPSA) is 27.7 Å². The monoisotopic (exact) mass is 540 g/mol. The number of rotatable bonds is 19. The van der Waals surface area contributed by atoms with Crippen molar-refractivity contribution in [3.8, 4) is 12.3 Å². The van der Waals surface area contributed by atoms with E-state index in [1.54, 1.807) is 0 Å². The van der Waals surface area contributed by atoms with Crippen LogP contribution in [-0.2, 0) is 34.0 Å². The third-order valence-corrected chi connectivity index (χ3v) is 7.51. The standard InChI is InChI=1S/C37H48O3/c1-5-7-18-31(4)37(40-29-34-23-15-10-16-24-34)36(39-28-33-21-13-9-14-22-33)26-30(3)25-35(17-6-2)38-27-32-19-11-8-12-20-32/h2,8-16,19-24,30-31,35-37H,5,7,17-18,25-29H2,1,3-4H3/t30-,31+,35+,36-,37+/m0/s1. The molecule has 0 aromatic heterocycles. The van der Waals surface area contributed by atoms with Crippen molar-refractivity contribution in [2.45, 2.75) is 97.4 Å². The fourth-order valence-corrected chi connectivity index (χ4v) is 5.24. The van der Waals surface area contributed by atoms with Crippen molar-refractivity contribution >= 4 is 0 Å². The van der Waals surface area contributed by atoms with Gasteiger partial charge in [-0.3, -0.25) is 0 Å². The molecule has 0 spiro atoms. The molecular weight excluding hydrogens is 492 g/mol. The first-order valence-corrected chi connectivity index (χ1v) is 15.0. The van der Waals surface area contributed by atoms with E-state index in [1.807, 2.05) is 30.3 Å². The van der Waals surface area contributed by atoms with E-state index in [4.69, 9.17) is 20.6 Å². The van der Waals surface area contributed by atoms with Gasteiger partial charge < -0.3 is 14.2 Å². The molecule has 0 aliphatic heterocycles. The van der Waals surface area contributed by atoms with E-state index >= 15 is 0 Å². The van der Waals surface area contributed by atoms with Gasteiger partial charge in [0, 0.05) is 6.42 Å². The SMILES string of the molecule is C#CC[C@H](C[C@H](C)C[C@H](OCc1ccccc1)[C@H](OCc1ccccc1)[C@H](C)CCCC)OCc1ccccc1. The van der Waals surface area contributed by atoms with Crippen LogP contribution in [0, 0.1) is 24.2 Å². The zero-order valence-corrected chi connectivity index (χ0v) is 24.7. The van der Waals surface area contributed by atoms with E-state index in [1.165, 1.54) is 29.5 Å². The van der Waals surface area contributed by atoms with Crippen LogP contribution in [0.4, 0.5) is 0 Å². The van der Waals surface area contributed by atoms with Gasteiger partial charge in [-0.15, -0.1) is 12.3 Å². The van der Waals surface area contributed by atoms with Crippen LogP contribution >= 0.6 is 0 Å². The highest BCUT2D eigenvalue weighted by molar-refractivity contribution is 5.15. The smallest absolute Gasteiger partial charge is 0.0866 e. The minimum absolute atomic E-state index is 0.00533. The maximum absolute atomic E-state index is 6.72. The lowest BCUT2D eigenvalue weighted by molar-refractivity contribution is -0.117. The predicted molar refractivity (Wildman–Crippen MR) is 166 cm³/mol. The molecule has 0 saturated heterocycles. The Morgan fingerprint density at radius 3 is 1.68 bits per heavy atom. The third-order valence-electron chi connectivity index (χ3n) is 7.51. The number of ether oxygens (including phenoxy) is 3. The molecule has 5 atom stereocenters. The fraction of sp³-hybridized carbons (Fsp3) is 0.459. The minimum atomic E-state index is -0.0358. The highest BCUT2D eigenvalue weighted by Crippen LogP contribution is 2.29. The van der Waals surface area contributed by atoms with E-state index in [9.17, 15) is 0 Å². The third kappa shape index (κ3) is 11.7.